The van der Waals surface area contributed by atoms with Gasteiger partial charge in [0, 0.05) is 0 Å². The summed E-state index contributed by atoms with van der Waals surface area (Å²) in [6.07, 6.45) is -0.119. The van der Waals surface area contributed by atoms with Gasteiger partial charge in [-0.2, -0.15) is 13.2 Å². The minimum atomic E-state index is -4.23. The van der Waals surface area contributed by atoms with Crippen LogP contribution in [0.15, 0.2) is 24.3 Å². The minimum absolute atomic E-state index is 0.0709. The van der Waals surface area contributed by atoms with E-state index in [1.807, 2.05) is 0 Å². The van der Waals surface area contributed by atoms with Crippen molar-refractivity contribution in [3.63, 3.8) is 0 Å². The molecule has 0 aromatic heterocycles. The average Bonchev–Trinajstić information content (AvgIpc) is 2.28. The third-order valence-corrected chi connectivity index (χ3v) is 3.78. The Labute approximate surface area is 99.8 Å². The molecule has 1 aromatic carbocycles. The summed E-state index contributed by atoms with van der Waals surface area (Å²) in [5.41, 5.74) is 0.0472. The van der Waals surface area contributed by atoms with Crippen LogP contribution in [0.2, 0.25) is 0 Å². The Morgan fingerprint density at radius 3 is 2.35 bits per heavy atom. The summed E-state index contributed by atoms with van der Waals surface area (Å²) < 4.78 is 38.8. The van der Waals surface area contributed by atoms with E-state index in [-0.39, 0.29) is 5.92 Å². The van der Waals surface area contributed by atoms with Crippen LogP contribution in [-0.4, -0.2) is 0 Å². The van der Waals surface area contributed by atoms with E-state index in [1.54, 1.807) is 12.1 Å². The highest BCUT2D eigenvalue weighted by atomic mass is 19.4. The molecule has 17 heavy (non-hydrogen) atoms. The number of halogens is 3. The van der Waals surface area contributed by atoms with Gasteiger partial charge in [0.25, 0.3) is 0 Å². The Balaban J connectivity index is 2.37. The molecule has 1 saturated carbocycles. The predicted octanol–water partition coefficient (Wildman–Crippen LogP) is 5.00. The summed E-state index contributed by atoms with van der Waals surface area (Å²) >= 11 is 0. The second kappa shape index (κ2) is 4.71. The fourth-order valence-corrected chi connectivity index (χ4v) is 2.86. The highest BCUT2D eigenvalue weighted by Crippen LogP contribution is 2.42. The molecule has 0 heterocycles. The van der Waals surface area contributed by atoms with Crippen LogP contribution < -0.4 is 0 Å². The third kappa shape index (κ3) is 2.64. The number of hydrogen-bond donors (Lipinski definition) is 0. The van der Waals surface area contributed by atoms with Crippen LogP contribution in [0, 0.1) is 5.92 Å². The van der Waals surface area contributed by atoms with Gasteiger partial charge in [-0.3, -0.25) is 0 Å². The smallest absolute Gasteiger partial charge is 0.166 e. The molecule has 1 aliphatic rings. The van der Waals surface area contributed by atoms with Gasteiger partial charge in [-0.15, -0.1) is 0 Å². The average molecular weight is 242 g/mol. The maximum Gasteiger partial charge on any atom is 0.416 e. The lowest BCUT2D eigenvalue weighted by Gasteiger charge is -2.31. The Kier molecular flexibility index (Phi) is 3.45. The van der Waals surface area contributed by atoms with Gasteiger partial charge in [-0.1, -0.05) is 44.4 Å². The summed E-state index contributed by atoms with van der Waals surface area (Å²) in [4.78, 5) is 0. The molecule has 0 nitrogen and oxygen atoms in total. The molecule has 0 radical (unpaired) electrons. The molecule has 3 heteroatoms. The Hall–Kier alpha value is -0.990. The predicted molar refractivity (Wildman–Crippen MR) is 61.8 cm³/mol. The molecule has 0 N–H and O–H groups in total. The van der Waals surface area contributed by atoms with Gasteiger partial charge >= 0.3 is 6.18 Å². The number of benzene rings is 1. The SMILES string of the molecule is CC1CCCCC1c1ccccc1C(F)(F)F. The van der Waals surface area contributed by atoms with Gasteiger partial charge in [0.2, 0.25) is 0 Å². The van der Waals surface area contributed by atoms with Gasteiger partial charge in [0.1, 0.15) is 0 Å². The Morgan fingerprint density at radius 2 is 1.71 bits per heavy atom. The van der Waals surface area contributed by atoms with Crippen molar-refractivity contribution in [2.45, 2.75) is 44.7 Å². The van der Waals surface area contributed by atoms with Gasteiger partial charge in [0.15, 0.2) is 0 Å². The molecule has 0 aliphatic heterocycles. The van der Waals surface area contributed by atoms with Crippen molar-refractivity contribution in [2.75, 3.05) is 0 Å². The summed E-state index contributed by atoms with van der Waals surface area (Å²) in [5.74, 6) is 0.425. The highest BCUT2D eigenvalue weighted by Gasteiger charge is 2.36. The van der Waals surface area contributed by atoms with Crippen LogP contribution >= 0.6 is 0 Å². The number of alkyl halides is 3. The van der Waals surface area contributed by atoms with Gasteiger partial charge in [0.05, 0.1) is 5.56 Å². The molecule has 0 amide bonds. The van der Waals surface area contributed by atoms with Crippen LogP contribution in [-0.2, 0) is 6.18 Å². The van der Waals surface area contributed by atoms with E-state index in [0.717, 1.165) is 25.7 Å². The largest absolute Gasteiger partial charge is 0.416 e. The lowest BCUT2D eigenvalue weighted by atomic mass is 9.75. The topological polar surface area (TPSA) is 0 Å². The first-order valence-corrected chi connectivity index (χ1v) is 6.16. The lowest BCUT2D eigenvalue weighted by Crippen LogP contribution is -2.19. The summed E-state index contributed by atoms with van der Waals surface area (Å²) in [6.45, 7) is 2.07. The second-order valence-electron chi connectivity index (χ2n) is 4.95. The standard InChI is InChI=1S/C14H17F3/c1-10-6-2-3-7-11(10)12-8-4-5-9-13(12)14(15,16)17/h4-5,8-11H,2-3,6-7H2,1H3. The van der Waals surface area contributed by atoms with Crippen molar-refractivity contribution in [3.05, 3.63) is 35.4 Å². The van der Waals surface area contributed by atoms with E-state index in [9.17, 15) is 13.2 Å². The molecule has 0 bridgehead atoms. The summed E-state index contributed by atoms with van der Waals surface area (Å²) in [7, 11) is 0. The molecular weight excluding hydrogens is 225 g/mol. The van der Waals surface area contributed by atoms with Crippen molar-refractivity contribution in [1.29, 1.82) is 0 Å². The number of hydrogen-bond acceptors (Lipinski definition) is 0. The fourth-order valence-electron chi connectivity index (χ4n) is 2.86. The molecule has 0 spiro atoms. The first-order chi connectivity index (χ1) is 8.00. The molecule has 2 rings (SSSR count). The van der Waals surface area contributed by atoms with E-state index in [1.165, 1.54) is 12.1 Å². The van der Waals surface area contributed by atoms with Crippen molar-refractivity contribution in [3.8, 4) is 0 Å². The summed E-state index contributed by atoms with van der Waals surface area (Å²) in [6, 6.07) is 6.04. The van der Waals surface area contributed by atoms with Crippen LogP contribution in [0.1, 0.15) is 49.7 Å². The summed E-state index contributed by atoms with van der Waals surface area (Å²) in [5, 5.41) is 0. The Bertz CT molecular complexity index is 381. The third-order valence-electron chi connectivity index (χ3n) is 3.78. The molecule has 1 aliphatic carbocycles. The molecule has 1 aromatic rings. The molecule has 2 atom stereocenters. The van der Waals surface area contributed by atoms with Crippen molar-refractivity contribution < 1.29 is 13.2 Å². The molecular formula is C14H17F3. The lowest BCUT2D eigenvalue weighted by molar-refractivity contribution is -0.138. The van der Waals surface area contributed by atoms with Gasteiger partial charge < -0.3 is 0 Å². The zero-order valence-electron chi connectivity index (χ0n) is 9.93. The first-order valence-electron chi connectivity index (χ1n) is 6.16. The monoisotopic (exact) mass is 242 g/mol. The van der Waals surface area contributed by atoms with Crippen LogP contribution in [0.3, 0.4) is 0 Å². The number of rotatable bonds is 1. The molecule has 2 unspecified atom stereocenters. The van der Waals surface area contributed by atoms with E-state index < -0.39 is 11.7 Å². The second-order valence-corrected chi connectivity index (χ2v) is 4.95. The zero-order valence-corrected chi connectivity index (χ0v) is 9.93. The van der Waals surface area contributed by atoms with Gasteiger partial charge in [-0.25, -0.2) is 0 Å². The quantitative estimate of drug-likeness (QED) is 0.650. The van der Waals surface area contributed by atoms with Crippen LogP contribution in [0.25, 0.3) is 0 Å². The van der Waals surface area contributed by atoms with Crippen LogP contribution in [0.5, 0.6) is 0 Å². The Morgan fingerprint density at radius 1 is 1.06 bits per heavy atom. The normalized spacial score (nSPS) is 25.9. The maximum atomic E-state index is 12.9. The van der Waals surface area contributed by atoms with Crippen molar-refractivity contribution in [1.82, 2.24) is 0 Å². The van der Waals surface area contributed by atoms with Crippen molar-refractivity contribution in [2.24, 2.45) is 5.92 Å². The zero-order chi connectivity index (χ0) is 12.5. The van der Waals surface area contributed by atoms with Gasteiger partial charge in [-0.05, 0) is 29.9 Å². The van der Waals surface area contributed by atoms with E-state index in [4.69, 9.17) is 0 Å². The minimum Gasteiger partial charge on any atom is -0.166 e. The van der Waals surface area contributed by atoms with Crippen LogP contribution in [0.4, 0.5) is 13.2 Å². The highest BCUT2D eigenvalue weighted by molar-refractivity contribution is 5.33. The van der Waals surface area contributed by atoms with Crippen molar-refractivity contribution >= 4 is 0 Å². The fraction of sp³-hybridized carbons (Fsp3) is 0.571. The molecule has 94 valence electrons. The first kappa shape index (κ1) is 12.5. The molecule has 1 fully saturated rings. The van der Waals surface area contributed by atoms with E-state index in [2.05, 4.69) is 6.92 Å². The molecule has 0 saturated heterocycles. The maximum absolute atomic E-state index is 12.9. The van der Waals surface area contributed by atoms with E-state index in [0.29, 0.717) is 11.5 Å². The van der Waals surface area contributed by atoms with E-state index >= 15 is 0 Å².